The van der Waals surface area contributed by atoms with Gasteiger partial charge in [0.25, 0.3) is 5.91 Å². The molecule has 10 heteroatoms. The van der Waals surface area contributed by atoms with Gasteiger partial charge in [0, 0.05) is 30.3 Å². The molecular formula is C21H23ClFN3O4S. The normalized spacial score (nSPS) is 14.4. The van der Waals surface area contributed by atoms with Crippen molar-refractivity contribution in [3.05, 3.63) is 58.9 Å². The number of hydrogen-bond acceptors (Lipinski definition) is 4. The first-order valence-corrected chi connectivity index (χ1v) is 11.8. The average molecular weight is 468 g/mol. The van der Waals surface area contributed by atoms with Crippen LogP contribution >= 0.6 is 11.6 Å². The zero-order chi connectivity index (χ0) is 22.4. The minimum atomic E-state index is -3.88. The maximum Gasteiger partial charge on any atom is 0.251 e. The Morgan fingerprint density at radius 2 is 1.71 bits per heavy atom. The Morgan fingerprint density at radius 3 is 2.35 bits per heavy atom. The fourth-order valence-electron chi connectivity index (χ4n) is 3.33. The van der Waals surface area contributed by atoms with Crippen LogP contribution in [0.5, 0.6) is 0 Å². The third-order valence-corrected chi connectivity index (χ3v) is 6.79. The van der Waals surface area contributed by atoms with Gasteiger partial charge in [0.1, 0.15) is 5.82 Å². The summed E-state index contributed by atoms with van der Waals surface area (Å²) in [5.74, 6) is -1.03. The molecule has 0 bridgehead atoms. The molecule has 0 spiro atoms. The van der Waals surface area contributed by atoms with E-state index >= 15 is 0 Å². The zero-order valence-corrected chi connectivity index (χ0v) is 18.2. The highest BCUT2D eigenvalue weighted by molar-refractivity contribution is 7.89. The highest BCUT2D eigenvalue weighted by Gasteiger charge is 2.22. The average Bonchev–Trinajstić information content (AvgIpc) is 3.28. The Bertz CT molecular complexity index is 1050. The lowest BCUT2D eigenvalue weighted by Crippen LogP contribution is -2.34. The van der Waals surface area contributed by atoms with Crippen LogP contribution in [0, 0.1) is 11.7 Å². The maximum atomic E-state index is 13.2. The van der Waals surface area contributed by atoms with Crippen molar-refractivity contribution in [2.75, 3.05) is 18.4 Å². The topological polar surface area (TPSA) is 104 Å². The number of anilines is 1. The van der Waals surface area contributed by atoms with Gasteiger partial charge in [-0.15, -0.1) is 0 Å². The van der Waals surface area contributed by atoms with Gasteiger partial charge in [-0.3, -0.25) is 9.59 Å². The van der Waals surface area contributed by atoms with E-state index in [4.69, 9.17) is 11.6 Å². The van der Waals surface area contributed by atoms with Crippen LogP contribution in [0.4, 0.5) is 10.1 Å². The summed E-state index contributed by atoms with van der Waals surface area (Å²) in [6.45, 7) is -0.00818. The number of carbonyl (C=O) groups is 2. The van der Waals surface area contributed by atoms with E-state index in [2.05, 4.69) is 15.4 Å². The number of benzene rings is 2. The van der Waals surface area contributed by atoms with E-state index in [-0.39, 0.29) is 40.7 Å². The van der Waals surface area contributed by atoms with Gasteiger partial charge in [0.2, 0.25) is 15.9 Å². The summed E-state index contributed by atoms with van der Waals surface area (Å²) in [6, 6.07) is 9.58. The van der Waals surface area contributed by atoms with Gasteiger partial charge in [-0.2, -0.15) is 0 Å². The summed E-state index contributed by atoms with van der Waals surface area (Å²) < 4.78 is 39.9. The summed E-state index contributed by atoms with van der Waals surface area (Å²) in [5.41, 5.74) is 1.01. The monoisotopic (exact) mass is 467 g/mol. The molecule has 0 saturated heterocycles. The summed E-state index contributed by atoms with van der Waals surface area (Å²) >= 11 is 5.61. The quantitative estimate of drug-likeness (QED) is 0.518. The highest BCUT2D eigenvalue weighted by Crippen LogP contribution is 2.26. The molecule has 3 rings (SSSR count). The van der Waals surface area contributed by atoms with E-state index in [9.17, 15) is 22.4 Å². The minimum absolute atomic E-state index is 0.00410. The summed E-state index contributed by atoms with van der Waals surface area (Å²) in [7, 11) is -3.88. The fraction of sp³-hybridized carbons (Fsp3) is 0.333. The van der Waals surface area contributed by atoms with Gasteiger partial charge in [-0.25, -0.2) is 17.5 Å². The van der Waals surface area contributed by atoms with Gasteiger partial charge in [0.05, 0.1) is 9.92 Å². The van der Waals surface area contributed by atoms with E-state index in [0.29, 0.717) is 11.3 Å². The molecule has 1 saturated carbocycles. The molecule has 0 unspecified atom stereocenters. The van der Waals surface area contributed by atoms with Crippen molar-refractivity contribution >= 4 is 39.1 Å². The molecule has 1 aliphatic rings. The van der Waals surface area contributed by atoms with Crippen LogP contribution in [0.25, 0.3) is 0 Å². The fourth-order valence-corrected chi connectivity index (χ4v) is 4.63. The van der Waals surface area contributed by atoms with Crippen LogP contribution in [-0.4, -0.2) is 33.3 Å². The van der Waals surface area contributed by atoms with Crippen molar-refractivity contribution in [2.45, 2.75) is 30.6 Å². The van der Waals surface area contributed by atoms with Crippen LogP contribution in [0.2, 0.25) is 5.02 Å². The molecule has 0 aliphatic heterocycles. The van der Waals surface area contributed by atoms with E-state index in [0.717, 1.165) is 43.9 Å². The molecule has 0 aromatic heterocycles. The van der Waals surface area contributed by atoms with E-state index in [1.807, 2.05) is 0 Å². The van der Waals surface area contributed by atoms with Gasteiger partial charge >= 0.3 is 0 Å². The van der Waals surface area contributed by atoms with Crippen LogP contribution in [-0.2, 0) is 14.8 Å². The van der Waals surface area contributed by atoms with Crippen molar-refractivity contribution in [2.24, 2.45) is 5.92 Å². The molecule has 1 fully saturated rings. The van der Waals surface area contributed by atoms with Crippen molar-refractivity contribution < 1.29 is 22.4 Å². The molecule has 2 aromatic rings. The Morgan fingerprint density at radius 1 is 1.03 bits per heavy atom. The van der Waals surface area contributed by atoms with Gasteiger partial charge in [-0.1, -0.05) is 24.4 Å². The predicted octanol–water partition coefficient (Wildman–Crippen LogP) is 3.32. The third kappa shape index (κ3) is 6.25. The first-order valence-electron chi connectivity index (χ1n) is 9.90. The van der Waals surface area contributed by atoms with Crippen molar-refractivity contribution in [3.8, 4) is 0 Å². The number of carbonyl (C=O) groups excluding carboxylic acids is 2. The molecule has 2 aromatic carbocycles. The second kappa shape index (κ2) is 10.2. The first-order chi connectivity index (χ1) is 14.8. The van der Waals surface area contributed by atoms with E-state index in [1.54, 1.807) is 24.3 Å². The number of hydrogen-bond donors (Lipinski definition) is 3. The van der Waals surface area contributed by atoms with Crippen molar-refractivity contribution in [3.63, 3.8) is 0 Å². The van der Waals surface area contributed by atoms with Crippen LogP contribution in [0.1, 0.15) is 36.0 Å². The second-order valence-electron chi connectivity index (χ2n) is 7.28. The number of rotatable bonds is 8. The van der Waals surface area contributed by atoms with Gasteiger partial charge < -0.3 is 10.6 Å². The van der Waals surface area contributed by atoms with E-state index in [1.165, 1.54) is 0 Å². The minimum Gasteiger partial charge on any atom is -0.351 e. The maximum absolute atomic E-state index is 13.2. The summed E-state index contributed by atoms with van der Waals surface area (Å²) in [6.07, 6.45) is 3.96. The third-order valence-electron chi connectivity index (χ3n) is 5.04. The molecule has 3 N–H and O–H groups in total. The Hall–Kier alpha value is -2.49. The van der Waals surface area contributed by atoms with Gasteiger partial charge in [0.15, 0.2) is 0 Å². The molecular weight excluding hydrogens is 445 g/mol. The number of nitrogens with one attached hydrogen (secondary N) is 3. The van der Waals surface area contributed by atoms with Crippen molar-refractivity contribution in [1.29, 1.82) is 0 Å². The predicted molar refractivity (Wildman–Crippen MR) is 116 cm³/mol. The molecule has 166 valence electrons. The lowest BCUT2D eigenvalue weighted by molar-refractivity contribution is -0.119. The smallest absolute Gasteiger partial charge is 0.251 e. The van der Waals surface area contributed by atoms with Crippen LogP contribution < -0.4 is 15.4 Å². The van der Waals surface area contributed by atoms with Crippen LogP contribution in [0.3, 0.4) is 0 Å². The molecule has 31 heavy (non-hydrogen) atoms. The number of sulfonamides is 1. The summed E-state index contributed by atoms with van der Waals surface area (Å²) in [5, 5.41) is 5.18. The Balaban J connectivity index is 1.46. The molecule has 7 nitrogen and oxygen atoms in total. The zero-order valence-electron chi connectivity index (χ0n) is 16.7. The van der Waals surface area contributed by atoms with Crippen LogP contribution in [0.15, 0.2) is 47.4 Å². The van der Waals surface area contributed by atoms with Gasteiger partial charge in [-0.05, 0) is 55.3 Å². The lowest BCUT2D eigenvalue weighted by Gasteiger charge is -2.11. The SMILES string of the molecule is O=C(NCCNS(=O)(=O)c1ccc(F)c(Cl)c1)c1ccc(NC(=O)C2CCCC2)cc1. The molecule has 0 atom stereocenters. The standard InChI is InChI=1S/C21H23ClFN3O4S/c22-18-13-17(9-10-19(18)23)31(29,30)25-12-11-24-20(27)15-5-7-16(8-6-15)26-21(28)14-3-1-2-4-14/h5-10,13-14,25H,1-4,11-12H2,(H,24,27)(H,26,28). The van der Waals surface area contributed by atoms with Crippen molar-refractivity contribution in [1.82, 2.24) is 10.0 Å². The first kappa shape index (κ1) is 23.2. The molecule has 1 aliphatic carbocycles. The Kier molecular flexibility index (Phi) is 7.64. The number of halogens is 2. The molecule has 0 heterocycles. The second-order valence-corrected chi connectivity index (χ2v) is 9.45. The number of amides is 2. The molecule has 0 radical (unpaired) electrons. The largest absolute Gasteiger partial charge is 0.351 e. The van der Waals surface area contributed by atoms with E-state index < -0.39 is 15.8 Å². The molecule has 2 amide bonds. The summed E-state index contributed by atoms with van der Waals surface area (Å²) in [4.78, 5) is 24.2. The highest BCUT2D eigenvalue weighted by atomic mass is 35.5. The lowest BCUT2D eigenvalue weighted by atomic mass is 10.1. The Labute approximate surface area is 185 Å².